The third kappa shape index (κ3) is 4.00. The number of halogens is 1. The minimum absolute atomic E-state index is 0.0274. The number of benzene rings is 1. The van der Waals surface area contributed by atoms with E-state index in [1.807, 2.05) is 6.92 Å². The lowest BCUT2D eigenvalue weighted by Crippen LogP contribution is -2.45. The van der Waals surface area contributed by atoms with Gasteiger partial charge >= 0.3 is 0 Å². The molecule has 0 spiro atoms. The molecule has 1 fully saturated rings. The van der Waals surface area contributed by atoms with Crippen LogP contribution in [0.1, 0.15) is 36.5 Å². The fraction of sp³-hybridized carbons (Fsp3) is 0.556. The highest BCUT2D eigenvalue weighted by Crippen LogP contribution is 2.38. The molecule has 2 aliphatic heterocycles. The van der Waals surface area contributed by atoms with Crippen LogP contribution in [0.4, 0.5) is 0 Å². The molecule has 3 rings (SSSR count). The summed E-state index contributed by atoms with van der Waals surface area (Å²) >= 11 is 6.23. The summed E-state index contributed by atoms with van der Waals surface area (Å²) in [5.41, 5.74) is 0.462. The van der Waals surface area contributed by atoms with Crippen LogP contribution < -0.4 is 14.8 Å². The van der Waals surface area contributed by atoms with E-state index in [1.54, 1.807) is 17.0 Å². The van der Waals surface area contributed by atoms with Crippen molar-refractivity contribution in [2.24, 2.45) is 5.92 Å². The van der Waals surface area contributed by atoms with Gasteiger partial charge in [0.15, 0.2) is 11.5 Å². The van der Waals surface area contributed by atoms with Crippen LogP contribution in [0.5, 0.6) is 11.5 Å². The Morgan fingerprint density at radius 2 is 2.12 bits per heavy atom. The number of fused-ring (bicyclic) bond motifs is 1. The topological polar surface area (TPSA) is 67.9 Å². The Balaban J connectivity index is 1.72. The molecule has 1 aromatic carbocycles. The van der Waals surface area contributed by atoms with Crippen molar-refractivity contribution in [2.75, 3.05) is 32.8 Å². The van der Waals surface area contributed by atoms with Crippen LogP contribution in [-0.2, 0) is 4.79 Å². The highest BCUT2D eigenvalue weighted by Gasteiger charge is 2.30. The van der Waals surface area contributed by atoms with Gasteiger partial charge in [-0.05, 0) is 31.4 Å². The van der Waals surface area contributed by atoms with Gasteiger partial charge in [-0.1, -0.05) is 18.5 Å². The minimum atomic E-state index is -0.156. The predicted molar refractivity (Wildman–Crippen MR) is 94.4 cm³/mol. The van der Waals surface area contributed by atoms with Crippen LogP contribution >= 0.6 is 11.6 Å². The van der Waals surface area contributed by atoms with Crippen molar-refractivity contribution in [3.05, 3.63) is 22.7 Å². The summed E-state index contributed by atoms with van der Waals surface area (Å²) in [5, 5.41) is 3.29. The van der Waals surface area contributed by atoms with E-state index in [4.69, 9.17) is 21.1 Å². The van der Waals surface area contributed by atoms with Crippen LogP contribution in [0.25, 0.3) is 0 Å². The quantitative estimate of drug-likeness (QED) is 0.889. The van der Waals surface area contributed by atoms with Crippen molar-refractivity contribution >= 4 is 23.4 Å². The standard InChI is InChI=1S/C18H23ClN2O4/c1-2-5-20-17(22)12-4-3-6-21(11-12)18(23)13-9-14(19)16-15(10-13)24-7-8-25-16/h9-10,12H,2-8,11H2,1H3,(H,20,22). The lowest BCUT2D eigenvalue weighted by atomic mass is 9.96. The number of ether oxygens (including phenoxy) is 2. The van der Waals surface area contributed by atoms with E-state index in [1.165, 1.54) is 0 Å². The fourth-order valence-corrected chi connectivity index (χ4v) is 3.45. The molecule has 7 heteroatoms. The zero-order valence-corrected chi connectivity index (χ0v) is 15.1. The lowest BCUT2D eigenvalue weighted by Gasteiger charge is -2.32. The van der Waals surface area contributed by atoms with Crippen molar-refractivity contribution in [2.45, 2.75) is 26.2 Å². The molecule has 1 saturated heterocycles. The number of nitrogens with zero attached hydrogens (tertiary/aromatic N) is 1. The molecule has 0 aromatic heterocycles. The summed E-state index contributed by atoms with van der Waals surface area (Å²) in [6.07, 6.45) is 2.52. The maximum Gasteiger partial charge on any atom is 0.254 e. The van der Waals surface area contributed by atoms with Crippen LogP contribution in [0.3, 0.4) is 0 Å². The first-order valence-corrected chi connectivity index (χ1v) is 9.14. The Labute approximate surface area is 152 Å². The van der Waals surface area contributed by atoms with Crippen molar-refractivity contribution in [3.63, 3.8) is 0 Å². The molecule has 136 valence electrons. The zero-order chi connectivity index (χ0) is 17.8. The van der Waals surface area contributed by atoms with E-state index < -0.39 is 0 Å². The number of hydrogen-bond donors (Lipinski definition) is 1. The fourth-order valence-electron chi connectivity index (χ4n) is 3.19. The third-order valence-electron chi connectivity index (χ3n) is 4.47. The van der Waals surface area contributed by atoms with Crippen molar-refractivity contribution < 1.29 is 19.1 Å². The first-order chi connectivity index (χ1) is 12.1. The van der Waals surface area contributed by atoms with Crippen LogP contribution in [0, 0.1) is 5.92 Å². The molecule has 1 aromatic rings. The summed E-state index contributed by atoms with van der Waals surface area (Å²) in [7, 11) is 0. The number of likely N-dealkylation sites (tertiary alicyclic amines) is 1. The van der Waals surface area contributed by atoms with E-state index in [-0.39, 0.29) is 17.7 Å². The summed E-state index contributed by atoms with van der Waals surface area (Å²) < 4.78 is 11.0. The maximum atomic E-state index is 12.9. The second-order valence-corrected chi connectivity index (χ2v) is 6.77. The number of amides is 2. The Morgan fingerprint density at radius 1 is 1.32 bits per heavy atom. The molecule has 25 heavy (non-hydrogen) atoms. The van der Waals surface area contributed by atoms with Gasteiger partial charge in [0.25, 0.3) is 5.91 Å². The Bertz CT molecular complexity index is 665. The molecule has 2 heterocycles. The zero-order valence-electron chi connectivity index (χ0n) is 14.3. The summed E-state index contributed by atoms with van der Waals surface area (Å²) in [6.45, 7) is 4.64. The number of piperidine rings is 1. The first-order valence-electron chi connectivity index (χ1n) is 8.76. The second-order valence-electron chi connectivity index (χ2n) is 6.36. The number of carbonyl (C=O) groups is 2. The molecule has 2 amide bonds. The largest absolute Gasteiger partial charge is 0.486 e. The van der Waals surface area contributed by atoms with Gasteiger partial charge < -0.3 is 19.7 Å². The van der Waals surface area contributed by atoms with E-state index >= 15 is 0 Å². The number of carbonyl (C=O) groups excluding carboxylic acids is 2. The van der Waals surface area contributed by atoms with Gasteiger partial charge in [0.05, 0.1) is 10.9 Å². The lowest BCUT2D eigenvalue weighted by molar-refractivity contribution is -0.126. The molecule has 1 unspecified atom stereocenters. The molecular weight excluding hydrogens is 344 g/mol. The van der Waals surface area contributed by atoms with Gasteiger partial charge in [-0.25, -0.2) is 0 Å². The van der Waals surface area contributed by atoms with Gasteiger partial charge in [0.1, 0.15) is 13.2 Å². The second kappa shape index (κ2) is 7.95. The van der Waals surface area contributed by atoms with Gasteiger partial charge in [0, 0.05) is 25.2 Å². The normalized spacial score (nSPS) is 19.4. The first kappa shape index (κ1) is 17.9. The predicted octanol–water partition coefficient (Wildman–Crippen LogP) is 2.49. The third-order valence-corrected chi connectivity index (χ3v) is 4.75. The summed E-state index contributed by atoms with van der Waals surface area (Å²) in [4.78, 5) is 26.8. The Morgan fingerprint density at radius 3 is 2.92 bits per heavy atom. The van der Waals surface area contributed by atoms with Crippen molar-refractivity contribution in [1.82, 2.24) is 10.2 Å². The molecule has 0 saturated carbocycles. The molecule has 0 radical (unpaired) electrons. The molecule has 0 bridgehead atoms. The monoisotopic (exact) mass is 366 g/mol. The smallest absolute Gasteiger partial charge is 0.254 e. The van der Waals surface area contributed by atoms with Crippen molar-refractivity contribution in [3.8, 4) is 11.5 Å². The maximum absolute atomic E-state index is 12.9. The highest BCUT2D eigenvalue weighted by molar-refractivity contribution is 6.32. The number of hydrogen-bond acceptors (Lipinski definition) is 4. The van der Waals surface area contributed by atoms with E-state index in [9.17, 15) is 9.59 Å². The summed E-state index contributed by atoms with van der Waals surface area (Å²) in [6, 6.07) is 3.28. The van der Waals surface area contributed by atoms with Gasteiger partial charge in [-0.3, -0.25) is 9.59 Å². The van der Waals surface area contributed by atoms with Crippen molar-refractivity contribution in [1.29, 1.82) is 0 Å². The SMILES string of the molecule is CCCNC(=O)C1CCCN(C(=O)c2cc(Cl)c3c(c2)OCCO3)C1. The average molecular weight is 367 g/mol. The highest BCUT2D eigenvalue weighted by atomic mass is 35.5. The molecule has 0 aliphatic carbocycles. The molecule has 1 N–H and O–H groups in total. The Hall–Kier alpha value is -1.95. The van der Waals surface area contributed by atoms with Gasteiger partial charge in [-0.2, -0.15) is 0 Å². The van der Waals surface area contributed by atoms with Gasteiger partial charge in [0.2, 0.25) is 5.91 Å². The van der Waals surface area contributed by atoms with E-state index in [0.717, 1.165) is 19.3 Å². The average Bonchev–Trinajstić information content (AvgIpc) is 2.65. The molecule has 2 aliphatic rings. The molecule has 6 nitrogen and oxygen atoms in total. The van der Waals surface area contributed by atoms with Crippen LogP contribution in [-0.4, -0.2) is 49.6 Å². The van der Waals surface area contributed by atoms with Crippen LogP contribution in [0.2, 0.25) is 5.02 Å². The summed E-state index contributed by atoms with van der Waals surface area (Å²) in [5.74, 6) is 0.722. The molecular formula is C18H23ClN2O4. The molecule has 1 atom stereocenters. The number of nitrogens with one attached hydrogen (secondary N) is 1. The van der Waals surface area contributed by atoms with Gasteiger partial charge in [-0.15, -0.1) is 0 Å². The van der Waals surface area contributed by atoms with E-state index in [2.05, 4.69) is 5.32 Å². The van der Waals surface area contributed by atoms with E-state index in [0.29, 0.717) is 54.9 Å². The van der Waals surface area contributed by atoms with Crippen LogP contribution in [0.15, 0.2) is 12.1 Å². The Kier molecular flexibility index (Phi) is 5.68. The number of rotatable bonds is 4. The minimum Gasteiger partial charge on any atom is -0.486 e.